The molecule has 0 radical (unpaired) electrons. The Balaban J connectivity index is 0.000000175. The summed E-state index contributed by atoms with van der Waals surface area (Å²) in [4.78, 5) is 0. The van der Waals surface area contributed by atoms with Gasteiger partial charge in [-0.2, -0.15) is 0 Å². The maximum absolute atomic E-state index is 6.00. The lowest BCUT2D eigenvalue weighted by Crippen LogP contribution is -2.06. The van der Waals surface area contributed by atoms with Crippen LogP contribution in [0.2, 0.25) is 0 Å². The Morgan fingerprint density at radius 1 is 0.591 bits per heavy atom. The van der Waals surface area contributed by atoms with Crippen LogP contribution in [0.4, 0.5) is 11.9 Å². The Kier molecular flexibility index (Phi) is 8.76. The largest absolute Gasteiger partial charge is 0.494 e. The summed E-state index contributed by atoms with van der Waals surface area (Å²) < 4.78 is 36.7. The van der Waals surface area contributed by atoms with Gasteiger partial charge in [0.1, 0.15) is 40.1 Å². The fourth-order valence-electron chi connectivity index (χ4n) is 4.45. The molecule has 4 N–H and O–H groups in total. The van der Waals surface area contributed by atoms with Crippen LogP contribution in [-0.2, 0) is 0 Å². The van der Waals surface area contributed by atoms with E-state index in [2.05, 4.69) is 36.3 Å². The van der Waals surface area contributed by atoms with Crippen LogP contribution < -0.4 is 30.4 Å². The van der Waals surface area contributed by atoms with Gasteiger partial charge in [-0.3, -0.25) is 9.13 Å². The van der Waals surface area contributed by atoms with Gasteiger partial charge >= 0.3 is 0 Å². The number of nitrogens with two attached hydrogens (primary N) is 2. The van der Waals surface area contributed by atoms with E-state index in [1.165, 1.54) is 0 Å². The van der Waals surface area contributed by atoms with Crippen molar-refractivity contribution < 1.29 is 27.8 Å². The monoisotopic (exact) mass is 664 g/mol. The van der Waals surface area contributed by atoms with Crippen LogP contribution in [0.15, 0.2) is 74.2 Å². The second-order valence-corrected chi connectivity index (χ2v) is 9.75. The number of aromatic nitrogens is 6. The molecule has 4 heterocycles. The fraction of sp³-hybridized carbons (Fsp3) is 0.172. The summed E-state index contributed by atoms with van der Waals surface area (Å²) in [7, 11) is 6.30. The summed E-state index contributed by atoms with van der Waals surface area (Å²) >= 11 is 3.27. The standard InChI is InChI=1S/C15H16N4O3.C14H13BrN4O3/c1-9-7-8-12(22-9)14-17-18-15(16)19(14)13-10(20-2)5-4-6-11(13)21-3;1-20-8-4-3-5-9(21-2)12(8)19-13(17-18-14(19)16)10-6-7-11(15)22-10/h4-8H,1-3H3,(H2,16,18);3-7H,1-2H3,(H2,16,18). The first kappa shape index (κ1) is 30.0. The molecule has 0 aliphatic rings. The normalized spacial score (nSPS) is 10.7. The Morgan fingerprint density at radius 3 is 1.34 bits per heavy atom. The third-order valence-electron chi connectivity index (χ3n) is 6.38. The van der Waals surface area contributed by atoms with Crippen molar-refractivity contribution in [3.05, 3.63) is 71.1 Å². The van der Waals surface area contributed by atoms with E-state index in [1.54, 1.807) is 61.8 Å². The predicted octanol–water partition coefficient (Wildman–Crippen LogP) is 5.32. The van der Waals surface area contributed by atoms with Gasteiger partial charge in [-0.05, 0) is 71.4 Å². The predicted molar refractivity (Wildman–Crippen MR) is 166 cm³/mol. The molecule has 0 unspecified atom stereocenters. The van der Waals surface area contributed by atoms with Crippen LogP contribution in [-0.4, -0.2) is 58.0 Å². The number of para-hydroxylation sites is 2. The zero-order valence-corrected chi connectivity index (χ0v) is 26.0. The summed E-state index contributed by atoms with van der Waals surface area (Å²) in [6.07, 6.45) is 0. The molecule has 4 aromatic heterocycles. The molecule has 6 rings (SSSR count). The van der Waals surface area contributed by atoms with E-state index in [1.807, 2.05) is 43.3 Å². The van der Waals surface area contributed by atoms with Crippen molar-refractivity contribution in [2.45, 2.75) is 6.92 Å². The third-order valence-corrected chi connectivity index (χ3v) is 6.81. The minimum Gasteiger partial charge on any atom is -0.494 e. The van der Waals surface area contributed by atoms with Gasteiger partial charge in [-0.25, -0.2) is 0 Å². The number of furan rings is 2. The number of methoxy groups -OCH3 is 4. The van der Waals surface area contributed by atoms with E-state index in [-0.39, 0.29) is 11.9 Å². The third kappa shape index (κ3) is 5.64. The Morgan fingerprint density at radius 2 is 1.00 bits per heavy atom. The highest BCUT2D eigenvalue weighted by molar-refractivity contribution is 9.10. The van der Waals surface area contributed by atoms with Gasteiger partial charge in [0.15, 0.2) is 16.2 Å². The van der Waals surface area contributed by atoms with Crippen LogP contribution in [0, 0.1) is 6.92 Å². The lowest BCUT2D eigenvalue weighted by molar-refractivity contribution is 0.391. The number of aryl methyl sites for hydroxylation is 1. The molecule has 2 aromatic carbocycles. The minimum atomic E-state index is 0.199. The van der Waals surface area contributed by atoms with Gasteiger partial charge in [0.2, 0.25) is 23.5 Å². The zero-order valence-electron chi connectivity index (χ0n) is 24.4. The molecule has 0 saturated heterocycles. The Hall–Kier alpha value is -5.44. The molecule has 0 fully saturated rings. The van der Waals surface area contributed by atoms with Gasteiger partial charge in [0.05, 0.1) is 28.4 Å². The molecule has 0 aliphatic heterocycles. The number of ether oxygens (including phenoxy) is 4. The van der Waals surface area contributed by atoms with Crippen molar-refractivity contribution in [1.82, 2.24) is 29.5 Å². The summed E-state index contributed by atoms with van der Waals surface area (Å²) in [6, 6.07) is 18.1. The maximum atomic E-state index is 6.00. The zero-order chi connectivity index (χ0) is 31.4. The topological polar surface area (TPSA) is 177 Å². The van der Waals surface area contributed by atoms with Crippen molar-refractivity contribution in [2.75, 3.05) is 39.9 Å². The van der Waals surface area contributed by atoms with Gasteiger partial charge < -0.3 is 39.2 Å². The number of anilines is 2. The SMILES string of the molecule is COc1cccc(OC)c1-n1c(N)nnc1-c1ccc(Br)o1.COc1cccc(OC)c1-n1c(N)nnc1-c1ccc(C)o1. The van der Waals surface area contributed by atoms with Gasteiger partial charge in [0, 0.05) is 0 Å². The molecule has 0 spiro atoms. The highest BCUT2D eigenvalue weighted by atomic mass is 79.9. The number of halogens is 1. The quantitative estimate of drug-likeness (QED) is 0.214. The van der Waals surface area contributed by atoms with Gasteiger partial charge in [0.25, 0.3) is 0 Å². The molecule has 6 aromatic rings. The first-order valence-corrected chi connectivity index (χ1v) is 13.8. The van der Waals surface area contributed by atoms with Crippen LogP contribution >= 0.6 is 15.9 Å². The van der Waals surface area contributed by atoms with Gasteiger partial charge in [-0.15, -0.1) is 20.4 Å². The first-order chi connectivity index (χ1) is 21.3. The van der Waals surface area contributed by atoms with Crippen molar-refractivity contribution in [1.29, 1.82) is 0 Å². The van der Waals surface area contributed by atoms with Crippen LogP contribution in [0.1, 0.15) is 5.76 Å². The molecule has 0 aliphatic carbocycles. The van der Waals surface area contributed by atoms with E-state index < -0.39 is 0 Å². The van der Waals surface area contributed by atoms with Gasteiger partial charge in [-0.1, -0.05) is 12.1 Å². The highest BCUT2D eigenvalue weighted by Crippen LogP contribution is 2.38. The highest BCUT2D eigenvalue weighted by Gasteiger charge is 2.24. The lowest BCUT2D eigenvalue weighted by atomic mass is 10.2. The second kappa shape index (κ2) is 12.8. The van der Waals surface area contributed by atoms with Crippen LogP contribution in [0.5, 0.6) is 23.0 Å². The van der Waals surface area contributed by atoms with E-state index >= 15 is 0 Å². The van der Waals surface area contributed by atoms with E-state index in [0.717, 1.165) is 5.76 Å². The number of hydrogen-bond acceptors (Lipinski definition) is 12. The molecule has 0 atom stereocenters. The summed E-state index contributed by atoms with van der Waals surface area (Å²) in [5.41, 5.74) is 13.2. The average molecular weight is 666 g/mol. The number of hydrogen-bond donors (Lipinski definition) is 2. The first-order valence-electron chi connectivity index (χ1n) is 13.0. The second-order valence-electron chi connectivity index (χ2n) is 8.97. The summed E-state index contributed by atoms with van der Waals surface area (Å²) in [5, 5.41) is 16.1. The molecule has 0 amide bonds. The number of benzene rings is 2. The Labute approximate surface area is 260 Å². The van der Waals surface area contributed by atoms with Crippen molar-refractivity contribution in [3.8, 4) is 57.5 Å². The molecular weight excluding hydrogens is 636 g/mol. The minimum absolute atomic E-state index is 0.199. The lowest BCUT2D eigenvalue weighted by Gasteiger charge is -2.15. The smallest absolute Gasteiger partial charge is 0.227 e. The molecule has 15 heteroatoms. The van der Waals surface area contributed by atoms with Crippen molar-refractivity contribution >= 4 is 27.8 Å². The molecule has 0 saturated carbocycles. The molecule has 0 bridgehead atoms. The average Bonchev–Trinajstić information content (AvgIpc) is 3.84. The maximum Gasteiger partial charge on any atom is 0.227 e. The number of nitrogen functional groups attached to an aromatic ring is 2. The van der Waals surface area contributed by atoms with Crippen LogP contribution in [0.3, 0.4) is 0 Å². The van der Waals surface area contributed by atoms with E-state index in [9.17, 15) is 0 Å². The van der Waals surface area contributed by atoms with Crippen molar-refractivity contribution in [2.24, 2.45) is 0 Å². The summed E-state index contributed by atoms with van der Waals surface area (Å²) in [5.74, 6) is 5.55. The van der Waals surface area contributed by atoms with Crippen molar-refractivity contribution in [3.63, 3.8) is 0 Å². The molecule has 44 heavy (non-hydrogen) atoms. The number of nitrogens with zero attached hydrogens (tertiary/aromatic N) is 6. The molecule has 228 valence electrons. The van der Waals surface area contributed by atoms with E-state index in [4.69, 9.17) is 39.2 Å². The summed E-state index contributed by atoms with van der Waals surface area (Å²) in [6.45, 7) is 1.86. The Bertz CT molecular complexity index is 1710. The molecule has 14 nitrogen and oxygen atoms in total. The molecular formula is C29H29BrN8O6. The van der Waals surface area contributed by atoms with E-state index in [0.29, 0.717) is 62.2 Å². The number of rotatable bonds is 8. The fourth-order valence-corrected chi connectivity index (χ4v) is 4.75. The van der Waals surface area contributed by atoms with Crippen LogP contribution in [0.25, 0.3) is 34.5 Å².